The molecule has 0 spiro atoms. The van der Waals surface area contributed by atoms with Crippen LogP contribution in [0, 0.1) is 63.8 Å². The predicted molar refractivity (Wildman–Crippen MR) is 495 cm³/mol. The summed E-state index contributed by atoms with van der Waals surface area (Å²) in [4.78, 5) is 49.9. The van der Waals surface area contributed by atoms with Gasteiger partial charge < -0.3 is 0 Å². The molecule has 0 heterocycles. The maximum atomic E-state index is 14.1. The van der Waals surface area contributed by atoms with Crippen LogP contribution in [0.2, 0.25) is 0 Å². The lowest BCUT2D eigenvalue weighted by atomic mass is 9.83. The zero-order valence-electron chi connectivity index (χ0n) is 79.8. The van der Waals surface area contributed by atoms with Crippen molar-refractivity contribution in [3.8, 4) is 101 Å². The molecule has 147 heavy (non-hydrogen) atoms. The molecule has 36 heteroatoms. The van der Waals surface area contributed by atoms with Gasteiger partial charge in [0.15, 0.2) is 0 Å². The Hall–Kier alpha value is -13.8. The average Bonchev–Trinajstić information content (AvgIpc) is 0.761. The fraction of sp³-hybridized carbons (Fsp3) is 0.297. The monoisotopic (exact) mass is 2080 g/mol. The van der Waals surface area contributed by atoms with Crippen molar-refractivity contribution in [3.05, 3.63) is 331 Å². The molecule has 12 aromatic rings. The van der Waals surface area contributed by atoms with E-state index in [0.717, 1.165) is 55.5 Å². The van der Waals surface area contributed by atoms with Crippen molar-refractivity contribution in [2.75, 3.05) is 0 Å². The van der Waals surface area contributed by atoms with Crippen LogP contribution in [0.1, 0.15) is 216 Å². The molecular formula is C111H90F30N2O4. The molecule has 4 unspecified atom stereocenters. The van der Waals surface area contributed by atoms with Gasteiger partial charge >= 0.3 is 55.6 Å². The predicted octanol–water partition coefficient (Wildman–Crippen LogP) is 36.3. The molecule has 0 aliphatic heterocycles. The average molecular weight is 2090 g/mol. The Morgan fingerprint density at radius 1 is 0.211 bits per heavy atom. The van der Waals surface area contributed by atoms with Crippen LogP contribution >= 0.6 is 0 Å². The molecule has 0 saturated heterocycles. The standard InChI is InChI=1S/C29H22F12O.C28H23F6NO.C27H22F8O.C27H23F4NO/c1-14(2)4-25(15(3)42)20-6-16(18-8-21(26(30,31)32)12-22(9-18)27(33,34)35)5-17(7-20)19-10-23(28(36,37)38)13-24(11-19)29(39,40)41;1-16(2)7-26(17(3)36)23-10-20(19-6-4-5-18(8-19)15-35)9-21(11-23)22-12-24(27(29,30)31)14-25(13-22)28(32,33)34;1-14(2)4-25(15(3)36)20-6-16(5-17(7-20)19-10-23(28)13-24(29)11-19)18-8-21(26(30,31)32)12-22(9-18)27(33,34)35;1-16(2)8-26(17(3)33)23-12-21(19-4-6-24(7-5-19)27(29,30)31)11-22(13-23)20-9-18(15-32)10-25(28)14-20/h5-14,25H,4H2,1-3H3;4-6,8-14,16,26H,7H2,1-3H3;5-14,25H,4H2,1-3H3;4-7,9-14,16,26H,8H2,1-3H3. The third-order valence-corrected chi connectivity index (χ3v) is 23.3. The first-order valence-corrected chi connectivity index (χ1v) is 44.8. The molecule has 0 saturated carbocycles. The molecule has 12 aromatic carbocycles. The second-order valence-corrected chi connectivity index (χ2v) is 37.0. The Labute approximate surface area is 825 Å². The van der Waals surface area contributed by atoms with Crippen molar-refractivity contribution in [2.24, 2.45) is 23.7 Å². The highest BCUT2D eigenvalue weighted by atomic mass is 19.4. The first-order valence-electron chi connectivity index (χ1n) is 44.8. The van der Waals surface area contributed by atoms with Crippen molar-refractivity contribution in [3.63, 3.8) is 0 Å². The molecule has 0 amide bonds. The summed E-state index contributed by atoms with van der Waals surface area (Å²) in [7, 11) is 0. The lowest BCUT2D eigenvalue weighted by Crippen LogP contribution is -2.13. The summed E-state index contributed by atoms with van der Waals surface area (Å²) in [6.45, 7) is 20.4. The van der Waals surface area contributed by atoms with E-state index in [1.165, 1.54) is 69.3 Å². The van der Waals surface area contributed by atoms with E-state index in [2.05, 4.69) is 0 Å². The minimum atomic E-state index is -5.22. The van der Waals surface area contributed by atoms with E-state index in [1.54, 1.807) is 68.4 Å². The number of hydrogen-bond donors (Lipinski definition) is 0. The van der Waals surface area contributed by atoms with Crippen LogP contribution in [0.4, 0.5) is 132 Å². The lowest BCUT2D eigenvalue weighted by molar-refractivity contribution is -0.144. The maximum Gasteiger partial charge on any atom is 0.416 e. The van der Waals surface area contributed by atoms with Gasteiger partial charge in [0.05, 0.1) is 73.3 Å². The first kappa shape index (κ1) is 117. The van der Waals surface area contributed by atoms with Gasteiger partial charge in [-0.15, -0.1) is 0 Å². The Balaban J connectivity index is 0.000000219. The zero-order chi connectivity index (χ0) is 110. The van der Waals surface area contributed by atoms with E-state index >= 15 is 0 Å². The van der Waals surface area contributed by atoms with Gasteiger partial charge in [-0.1, -0.05) is 128 Å². The highest BCUT2D eigenvalue weighted by Crippen LogP contribution is 2.49. The van der Waals surface area contributed by atoms with Crippen LogP contribution in [-0.4, -0.2) is 23.1 Å². The molecule has 778 valence electrons. The molecule has 0 aliphatic carbocycles. The fourth-order valence-corrected chi connectivity index (χ4v) is 16.4. The zero-order valence-corrected chi connectivity index (χ0v) is 79.8. The summed E-state index contributed by atoms with van der Waals surface area (Å²) in [5, 5.41) is 18.5. The third-order valence-electron chi connectivity index (χ3n) is 23.3. The Morgan fingerprint density at radius 2 is 0.401 bits per heavy atom. The van der Waals surface area contributed by atoms with Gasteiger partial charge in [-0.3, -0.25) is 19.2 Å². The maximum absolute atomic E-state index is 14.1. The van der Waals surface area contributed by atoms with Crippen LogP contribution < -0.4 is 0 Å². The summed E-state index contributed by atoms with van der Waals surface area (Å²) in [5.41, 5.74) is -10.7. The number of nitrogens with zero attached hydrogens (tertiary/aromatic N) is 2. The summed E-state index contributed by atoms with van der Waals surface area (Å²) in [6, 6.07) is 42.8. The summed E-state index contributed by atoms with van der Waals surface area (Å²) >= 11 is 0. The largest absolute Gasteiger partial charge is 0.416 e. The molecule has 0 aromatic heterocycles. The number of benzene rings is 12. The second-order valence-electron chi connectivity index (χ2n) is 37.0. The van der Waals surface area contributed by atoms with Gasteiger partial charge in [0.2, 0.25) is 0 Å². The molecule has 4 atom stereocenters. The minimum absolute atomic E-state index is 0.000593. The molecule has 12 rings (SSSR count). The third kappa shape index (κ3) is 32.1. The molecule has 6 nitrogen and oxygen atoms in total. The van der Waals surface area contributed by atoms with E-state index in [1.807, 2.05) is 53.7 Å². The van der Waals surface area contributed by atoms with E-state index in [0.29, 0.717) is 129 Å². The van der Waals surface area contributed by atoms with Crippen molar-refractivity contribution in [1.29, 1.82) is 10.5 Å². The summed E-state index contributed by atoms with van der Waals surface area (Å²) in [5.74, 6) is -5.90. The number of ketones is 4. The molecule has 0 fully saturated rings. The summed E-state index contributed by atoms with van der Waals surface area (Å²) < 4.78 is 405. The molecule has 0 radical (unpaired) electrons. The number of carbonyl (C=O) groups excluding carboxylic acids is 4. The lowest BCUT2D eigenvalue weighted by Gasteiger charge is -2.21. The number of Topliss-reactive ketones (excluding diaryl/α,β-unsaturated/α-hetero) is 4. The van der Waals surface area contributed by atoms with Crippen molar-refractivity contribution in [1.82, 2.24) is 0 Å². The van der Waals surface area contributed by atoms with Crippen molar-refractivity contribution >= 4 is 23.1 Å². The molecule has 0 bridgehead atoms. The molecule has 0 N–H and O–H groups in total. The number of nitriles is 2. The molecule has 0 aliphatic rings. The van der Waals surface area contributed by atoms with Gasteiger partial charge in [-0.05, 0) is 340 Å². The van der Waals surface area contributed by atoms with Crippen LogP contribution in [0.15, 0.2) is 231 Å². The minimum Gasteiger partial charge on any atom is -0.299 e. The number of carbonyl (C=O) groups is 4. The normalized spacial score (nSPS) is 13.2. The Kier molecular flexibility index (Phi) is 36.6. The number of hydrogen-bond acceptors (Lipinski definition) is 6. The number of halogens is 30. The van der Waals surface area contributed by atoms with Crippen LogP contribution in [0.5, 0.6) is 0 Å². The Morgan fingerprint density at radius 3 is 0.612 bits per heavy atom. The van der Waals surface area contributed by atoms with Gasteiger partial charge in [-0.25, -0.2) is 13.2 Å². The van der Waals surface area contributed by atoms with Crippen LogP contribution in [0.3, 0.4) is 0 Å². The van der Waals surface area contributed by atoms with E-state index in [4.69, 9.17) is 0 Å². The quantitative estimate of drug-likeness (QED) is 0.0557. The molecular weight excluding hydrogens is 2000 g/mol. The van der Waals surface area contributed by atoms with E-state index in [9.17, 15) is 161 Å². The van der Waals surface area contributed by atoms with Gasteiger partial charge in [-0.2, -0.15) is 129 Å². The van der Waals surface area contributed by atoms with Crippen LogP contribution in [0.25, 0.3) is 89.0 Å². The smallest absolute Gasteiger partial charge is 0.299 e. The van der Waals surface area contributed by atoms with Crippen molar-refractivity contribution in [2.45, 2.75) is 188 Å². The first-order chi connectivity index (χ1) is 67.7. The van der Waals surface area contributed by atoms with Gasteiger partial charge in [0, 0.05) is 29.7 Å². The topological polar surface area (TPSA) is 116 Å². The van der Waals surface area contributed by atoms with Gasteiger partial charge in [0.25, 0.3) is 0 Å². The summed E-state index contributed by atoms with van der Waals surface area (Å²) in [6.07, 6.45) is -43.9. The van der Waals surface area contributed by atoms with Crippen molar-refractivity contribution < 1.29 is 151 Å². The van der Waals surface area contributed by atoms with E-state index in [-0.39, 0.29) is 122 Å². The highest BCUT2D eigenvalue weighted by Gasteiger charge is 2.43. The van der Waals surface area contributed by atoms with Crippen LogP contribution in [-0.2, 0) is 74.8 Å². The second kappa shape index (κ2) is 46.1. The highest BCUT2D eigenvalue weighted by molar-refractivity contribution is 5.90. The SMILES string of the molecule is CC(=O)C(CC(C)C)c1cc(-c2cc(C(F)(F)F)cc(C(F)(F)F)c2)cc(-c2cc(C(F)(F)F)cc(C(F)(F)F)c2)c1.CC(=O)C(CC(C)C)c1cc(-c2cc(F)cc(F)c2)cc(-c2cc(C(F)(F)F)cc(C(F)(F)F)c2)c1.CC(=O)C(CC(C)C)c1cc(-c2ccc(C(F)(F)F)cc2)cc(-c2cc(F)cc(C#N)c2)c1.CC(=O)C(CC(C)C)c1cc(-c2cccc(C#N)c2)cc(-c2cc(C(F)(F)F)cc(C(F)(F)F)c2)c1. The van der Waals surface area contributed by atoms with Gasteiger partial charge in [0.1, 0.15) is 40.6 Å². The van der Waals surface area contributed by atoms with E-state index < -0.39 is 169 Å². The number of rotatable bonds is 24. The Bertz CT molecular complexity index is 6640. The number of alkyl halides is 27. The fourth-order valence-electron chi connectivity index (χ4n) is 16.4.